The Morgan fingerprint density at radius 3 is 2.77 bits per heavy atom. The molecule has 0 spiro atoms. The Kier molecular flexibility index (Phi) is 4.39. The Hall–Kier alpha value is -2.34. The van der Waals surface area contributed by atoms with Crippen LogP contribution in [0.5, 0.6) is 0 Å². The van der Waals surface area contributed by atoms with Crippen molar-refractivity contribution in [3.8, 4) is 0 Å². The fourth-order valence-corrected chi connectivity index (χ4v) is 2.73. The zero-order valence-electron chi connectivity index (χ0n) is 11.7. The van der Waals surface area contributed by atoms with Crippen LogP contribution in [0.25, 0.3) is 11.0 Å². The Labute approximate surface area is 131 Å². The molecule has 1 heterocycles. The maximum atomic E-state index is 13.4. The molecule has 0 aliphatic heterocycles. The van der Waals surface area contributed by atoms with Crippen molar-refractivity contribution in [3.05, 3.63) is 59.9 Å². The number of amides is 1. The third kappa shape index (κ3) is 3.46. The van der Waals surface area contributed by atoms with Gasteiger partial charge in [-0.25, -0.2) is 9.37 Å². The number of rotatable bonds is 5. The first-order valence-electron chi connectivity index (χ1n) is 6.80. The van der Waals surface area contributed by atoms with E-state index >= 15 is 0 Å². The van der Waals surface area contributed by atoms with Gasteiger partial charge in [0.15, 0.2) is 5.16 Å². The van der Waals surface area contributed by atoms with Crippen molar-refractivity contribution in [1.82, 2.24) is 15.3 Å². The van der Waals surface area contributed by atoms with E-state index in [9.17, 15) is 9.18 Å². The van der Waals surface area contributed by atoms with Gasteiger partial charge in [0, 0.05) is 12.1 Å². The summed E-state index contributed by atoms with van der Waals surface area (Å²) < 4.78 is 13.4. The van der Waals surface area contributed by atoms with Gasteiger partial charge >= 0.3 is 0 Å². The molecule has 3 rings (SSSR count). The van der Waals surface area contributed by atoms with Crippen molar-refractivity contribution < 1.29 is 9.18 Å². The third-order valence-electron chi connectivity index (χ3n) is 3.14. The minimum atomic E-state index is -0.312. The molecule has 0 saturated heterocycles. The average molecular weight is 315 g/mol. The SMILES string of the molecule is O=C(CSc1nc2ccccc2[nH]1)NCc1ccccc1F. The summed E-state index contributed by atoms with van der Waals surface area (Å²) >= 11 is 1.32. The number of hydrogen-bond acceptors (Lipinski definition) is 3. The van der Waals surface area contributed by atoms with Gasteiger partial charge in [-0.2, -0.15) is 0 Å². The fraction of sp³-hybridized carbons (Fsp3) is 0.125. The van der Waals surface area contributed by atoms with Gasteiger partial charge in [-0.3, -0.25) is 4.79 Å². The van der Waals surface area contributed by atoms with Crippen LogP contribution < -0.4 is 5.32 Å². The minimum absolute atomic E-state index is 0.159. The molecule has 0 bridgehead atoms. The lowest BCUT2D eigenvalue weighted by Crippen LogP contribution is -2.25. The topological polar surface area (TPSA) is 57.8 Å². The van der Waals surface area contributed by atoms with Gasteiger partial charge in [0.2, 0.25) is 5.91 Å². The van der Waals surface area contributed by atoms with Crippen LogP contribution in [0.2, 0.25) is 0 Å². The molecule has 0 aliphatic rings. The van der Waals surface area contributed by atoms with Crippen LogP contribution >= 0.6 is 11.8 Å². The van der Waals surface area contributed by atoms with Crippen molar-refractivity contribution in [2.24, 2.45) is 0 Å². The summed E-state index contributed by atoms with van der Waals surface area (Å²) in [7, 11) is 0. The molecule has 4 nitrogen and oxygen atoms in total. The first-order valence-corrected chi connectivity index (χ1v) is 7.78. The summed E-state index contributed by atoms with van der Waals surface area (Å²) in [6.07, 6.45) is 0. The van der Waals surface area contributed by atoms with Crippen LogP contribution in [0.15, 0.2) is 53.7 Å². The molecule has 112 valence electrons. The molecule has 0 atom stereocenters. The molecule has 0 fully saturated rings. The summed E-state index contributed by atoms with van der Waals surface area (Å²) in [4.78, 5) is 19.4. The lowest BCUT2D eigenvalue weighted by molar-refractivity contribution is -0.118. The molecule has 0 aliphatic carbocycles. The molecule has 1 aromatic heterocycles. The van der Waals surface area contributed by atoms with E-state index in [1.54, 1.807) is 18.2 Å². The second-order valence-corrected chi connectivity index (χ2v) is 5.68. The lowest BCUT2D eigenvalue weighted by Gasteiger charge is -2.05. The quantitative estimate of drug-likeness (QED) is 0.711. The summed E-state index contributed by atoms with van der Waals surface area (Å²) in [6, 6.07) is 14.1. The molecule has 22 heavy (non-hydrogen) atoms. The van der Waals surface area contributed by atoms with Crippen molar-refractivity contribution in [2.45, 2.75) is 11.7 Å². The van der Waals surface area contributed by atoms with E-state index in [0.717, 1.165) is 11.0 Å². The van der Waals surface area contributed by atoms with Gasteiger partial charge in [0.25, 0.3) is 0 Å². The zero-order chi connectivity index (χ0) is 15.4. The summed E-state index contributed by atoms with van der Waals surface area (Å²) in [6.45, 7) is 0.187. The van der Waals surface area contributed by atoms with Gasteiger partial charge in [0.1, 0.15) is 5.82 Å². The molecular formula is C16H14FN3OS. The van der Waals surface area contributed by atoms with Crippen LogP contribution in [0.3, 0.4) is 0 Å². The molecular weight excluding hydrogens is 301 g/mol. The molecule has 0 unspecified atom stereocenters. The van der Waals surface area contributed by atoms with E-state index < -0.39 is 0 Å². The smallest absolute Gasteiger partial charge is 0.230 e. The number of benzene rings is 2. The third-order valence-corrected chi connectivity index (χ3v) is 4.01. The maximum Gasteiger partial charge on any atom is 0.230 e. The van der Waals surface area contributed by atoms with Crippen molar-refractivity contribution in [3.63, 3.8) is 0 Å². The number of aromatic nitrogens is 2. The molecule has 2 aromatic carbocycles. The van der Waals surface area contributed by atoms with Gasteiger partial charge in [-0.1, -0.05) is 42.1 Å². The molecule has 3 aromatic rings. The van der Waals surface area contributed by atoms with Crippen LogP contribution in [-0.2, 0) is 11.3 Å². The highest BCUT2D eigenvalue weighted by Gasteiger charge is 2.08. The number of fused-ring (bicyclic) bond motifs is 1. The van der Waals surface area contributed by atoms with Crippen LogP contribution in [0, 0.1) is 5.82 Å². The van der Waals surface area contributed by atoms with E-state index in [1.165, 1.54) is 17.8 Å². The number of aromatic amines is 1. The molecule has 1 amide bonds. The van der Waals surface area contributed by atoms with Crippen LogP contribution in [0.4, 0.5) is 4.39 Å². The normalized spacial score (nSPS) is 10.8. The van der Waals surface area contributed by atoms with E-state index in [1.807, 2.05) is 24.3 Å². The highest BCUT2D eigenvalue weighted by Crippen LogP contribution is 2.18. The number of H-pyrrole nitrogens is 1. The number of hydrogen-bond donors (Lipinski definition) is 2. The zero-order valence-corrected chi connectivity index (χ0v) is 12.5. The number of halogens is 1. The summed E-state index contributed by atoms with van der Waals surface area (Å²) in [5.41, 5.74) is 2.29. The molecule has 6 heteroatoms. The van der Waals surface area contributed by atoms with Crippen LogP contribution in [0.1, 0.15) is 5.56 Å². The average Bonchev–Trinajstić information content (AvgIpc) is 2.95. The van der Waals surface area contributed by atoms with E-state index in [4.69, 9.17) is 0 Å². The molecule has 2 N–H and O–H groups in total. The van der Waals surface area contributed by atoms with E-state index in [0.29, 0.717) is 10.7 Å². The number of nitrogens with one attached hydrogen (secondary N) is 2. The van der Waals surface area contributed by atoms with Gasteiger partial charge < -0.3 is 10.3 Å². The number of thioether (sulfide) groups is 1. The highest BCUT2D eigenvalue weighted by atomic mass is 32.2. The first kappa shape index (κ1) is 14.6. The van der Waals surface area contributed by atoms with Crippen molar-refractivity contribution in [1.29, 1.82) is 0 Å². The predicted molar refractivity (Wildman–Crippen MR) is 85.1 cm³/mol. The van der Waals surface area contributed by atoms with Crippen LogP contribution in [-0.4, -0.2) is 21.6 Å². The number of imidazole rings is 1. The largest absolute Gasteiger partial charge is 0.351 e. The lowest BCUT2D eigenvalue weighted by atomic mass is 10.2. The highest BCUT2D eigenvalue weighted by molar-refractivity contribution is 7.99. The first-order chi connectivity index (χ1) is 10.7. The number of carbonyl (C=O) groups excluding carboxylic acids is 1. The van der Waals surface area contributed by atoms with Crippen molar-refractivity contribution in [2.75, 3.05) is 5.75 Å². The Morgan fingerprint density at radius 1 is 1.18 bits per heavy atom. The number of carbonyl (C=O) groups is 1. The van der Waals surface area contributed by atoms with E-state index in [2.05, 4.69) is 15.3 Å². The monoisotopic (exact) mass is 315 g/mol. The molecule has 0 saturated carbocycles. The van der Waals surface area contributed by atoms with Gasteiger partial charge in [-0.15, -0.1) is 0 Å². The Balaban J connectivity index is 1.53. The molecule has 0 radical (unpaired) electrons. The standard InChI is InChI=1S/C16H14FN3OS/c17-12-6-2-1-5-11(12)9-18-15(21)10-22-16-19-13-7-3-4-8-14(13)20-16/h1-8H,9-10H2,(H,18,21)(H,19,20). The summed E-state index contributed by atoms with van der Waals surface area (Å²) in [5.74, 6) is -0.240. The van der Waals surface area contributed by atoms with E-state index in [-0.39, 0.29) is 24.0 Å². The van der Waals surface area contributed by atoms with Crippen molar-refractivity contribution >= 4 is 28.7 Å². The maximum absolute atomic E-state index is 13.4. The fourth-order valence-electron chi connectivity index (χ4n) is 2.02. The Bertz CT molecular complexity index is 770. The van der Waals surface area contributed by atoms with Gasteiger partial charge in [-0.05, 0) is 18.2 Å². The predicted octanol–water partition coefficient (Wildman–Crippen LogP) is 3.11. The second kappa shape index (κ2) is 6.62. The number of para-hydroxylation sites is 2. The number of nitrogens with zero attached hydrogens (tertiary/aromatic N) is 1. The van der Waals surface area contributed by atoms with Gasteiger partial charge in [0.05, 0.1) is 16.8 Å². The Morgan fingerprint density at radius 2 is 1.95 bits per heavy atom. The summed E-state index contributed by atoms with van der Waals surface area (Å²) in [5, 5.41) is 3.40. The minimum Gasteiger partial charge on any atom is -0.351 e. The second-order valence-electron chi connectivity index (χ2n) is 4.72.